The molecule has 1 aromatic carbocycles. The molecule has 0 spiro atoms. The molecule has 0 radical (unpaired) electrons. The zero-order valence-corrected chi connectivity index (χ0v) is 11.5. The van der Waals surface area contributed by atoms with Crippen LogP contribution in [0, 0.1) is 0 Å². The first-order valence-electron chi connectivity index (χ1n) is 6.70. The van der Waals surface area contributed by atoms with Gasteiger partial charge in [0, 0.05) is 11.9 Å². The van der Waals surface area contributed by atoms with Gasteiger partial charge in [-0.25, -0.2) is 4.98 Å². The highest BCUT2D eigenvalue weighted by Gasteiger charge is 2.62. The van der Waals surface area contributed by atoms with E-state index in [2.05, 4.69) is 10.3 Å². The predicted molar refractivity (Wildman–Crippen MR) is 73.2 cm³/mol. The Bertz CT molecular complexity index is 666. The van der Waals surface area contributed by atoms with Crippen molar-refractivity contribution >= 4 is 10.9 Å². The molecule has 21 heavy (non-hydrogen) atoms. The van der Waals surface area contributed by atoms with E-state index in [1.165, 1.54) is 0 Å². The predicted octanol–water partition coefficient (Wildman–Crippen LogP) is 3.43. The summed E-state index contributed by atoms with van der Waals surface area (Å²) in [6, 6.07) is 9.10. The van der Waals surface area contributed by atoms with Crippen LogP contribution in [0.4, 0.5) is 13.2 Å². The molecule has 1 fully saturated rings. The van der Waals surface area contributed by atoms with Crippen molar-refractivity contribution in [3.8, 4) is 5.75 Å². The number of nitrogens with one attached hydrogen (secondary N) is 1. The van der Waals surface area contributed by atoms with Crippen molar-refractivity contribution in [1.29, 1.82) is 0 Å². The highest BCUT2D eigenvalue weighted by Crippen LogP contribution is 2.49. The molecular weight excluding hydrogens is 281 g/mol. The zero-order chi connectivity index (χ0) is 15.1. The molecule has 1 saturated carbocycles. The van der Waals surface area contributed by atoms with Crippen molar-refractivity contribution in [2.24, 2.45) is 0 Å². The van der Waals surface area contributed by atoms with Gasteiger partial charge in [0.1, 0.15) is 16.8 Å². The number of para-hydroxylation sites is 1. The Labute approximate surface area is 120 Å². The number of ether oxygens (including phenoxy) is 1. The van der Waals surface area contributed by atoms with Crippen molar-refractivity contribution in [3.05, 3.63) is 36.0 Å². The molecule has 0 bridgehead atoms. The van der Waals surface area contributed by atoms with Gasteiger partial charge in [0.15, 0.2) is 0 Å². The summed E-state index contributed by atoms with van der Waals surface area (Å²) >= 11 is 0. The number of benzene rings is 1. The molecule has 1 aliphatic rings. The minimum absolute atomic E-state index is 0.0908. The fourth-order valence-electron chi connectivity index (χ4n) is 2.37. The number of hydrogen-bond acceptors (Lipinski definition) is 3. The maximum absolute atomic E-state index is 12.9. The van der Waals surface area contributed by atoms with Gasteiger partial charge in [0.2, 0.25) is 0 Å². The summed E-state index contributed by atoms with van der Waals surface area (Å²) in [4.78, 5) is 4.40. The molecule has 1 aromatic heterocycles. The SMILES string of the molecule is COc1cccc2ccc(CNC3(C(F)(F)F)CC3)nc12. The van der Waals surface area contributed by atoms with Crippen LogP contribution in [0.1, 0.15) is 18.5 Å². The molecule has 1 aliphatic carbocycles. The Kier molecular flexibility index (Phi) is 3.28. The Hall–Kier alpha value is -1.82. The second kappa shape index (κ2) is 4.87. The number of rotatable bonds is 4. The van der Waals surface area contributed by atoms with E-state index in [-0.39, 0.29) is 19.4 Å². The van der Waals surface area contributed by atoms with Gasteiger partial charge in [0.25, 0.3) is 0 Å². The van der Waals surface area contributed by atoms with Gasteiger partial charge in [-0.2, -0.15) is 13.2 Å². The molecule has 0 aliphatic heterocycles. The fourth-order valence-corrected chi connectivity index (χ4v) is 2.37. The van der Waals surface area contributed by atoms with Gasteiger partial charge in [-0.15, -0.1) is 0 Å². The summed E-state index contributed by atoms with van der Waals surface area (Å²) < 4.78 is 43.8. The third-order valence-corrected chi connectivity index (χ3v) is 3.86. The molecule has 0 amide bonds. The number of fused-ring (bicyclic) bond motifs is 1. The number of methoxy groups -OCH3 is 1. The molecule has 1 N–H and O–H groups in total. The highest BCUT2D eigenvalue weighted by molar-refractivity contribution is 5.84. The van der Waals surface area contributed by atoms with E-state index in [0.29, 0.717) is 17.0 Å². The lowest BCUT2D eigenvalue weighted by molar-refractivity contribution is -0.166. The minimum Gasteiger partial charge on any atom is -0.494 e. The lowest BCUT2D eigenvalue weighted by Crippen LogP contribution is -2.44. The molecule has 1 heterocycles. The van der Waals surface area contributed by atoms with Crippen LogP contribution >= 0.6 is 0 Å². The van der Waals surface area contributed by atoms with Crippen molar-refractivity contribution in [1.82, 2.24) is 10.3 Å². The maximum atomic E-state index is 12.9. The summed E-state index contributed by atoms with van der Waals surface area (Å²) in [7, 11) is 1.55. The average molecular weight is 296 g/mol. The maximum Gasteiger partial charge on any atom is 0.406 e. The van der Waals surface area contributed by atoms with E-state index in [4.69, 9.17) is 4.74 Å². The van der Waals surface area contributed by atoms with Gasteiger partial charge in [0.05, 0.1) is 12.8 Å². The number of hydrogen-bond donors (Lipinski definition) is 1. The molecule has 6 heteroatoms. The van der Waals surface area contributed by atoms with Crippen LogP contribution in [0.25, 0.3) is 10.9 Å². The monoisotopic (exact) mass is 296 g/mol. The third kappa shape index (κ3) is 2.55. The van der Waals surface area contributed by atoms with Crippen molar-refractivity contribution in [3.63, 3.8) is 0 Å². The standard InChI is InChI=1S/C15H15F3N2O/c1-21-12-4-2-3-10-5-6-11(20-13(10)12)9-19-14(7-8-14)15(16,17)18/h2-6,19H,7-9H2,1H3. The Morgan fingerprint density at radius 1 is 1.24 bits per heavy atom. The van der Waals surface area contributed by atoms with Gasteiger partial charge in [-0.1, -0.05) is 18.2 Å². The van der Waals surface area contributed by atoms with Gasteiger partial charge in [-0.3, -0.25) is 5.32 Å². The van der Waals surface area contributed by atoms with Crippen molar-refractivity contribution < 1.29 is 17.9 Å². The second-order valence-electron chi connectivity index (χ2n) is 5.27. The summed E-state index contributed by atoms with van der Waals surface area (Å²) in [6.07, 6.45) is -3.94. The first-order chi connectivity index (χ1) is 9.95. The molecule has 0 atom stereocenters. The van der Waals surface area contributed by atoms with Crippen LogP contribution in [0.5, 0.6) is 5.75 Å². The van der Waals surface area contributed by atoms with Gasteiger partial charge >= 0.3 is 6.18 Å². The smallest absolute Gasteiger partial charge is 0.406 e. The van der Waals surface area contributed by atoms with Gasteiger partial charge < -0.3 is 4.74 Å². The summed E-state index contributed by atoms with van der Waals surface area (Å²) in [6.45, 7) is 0.0908. The second-order valence-corrected chi connectivity index (χ2v) is 5.27. The summed E-state index contributed by atoms with van der Waals surface area (Å²) in [5.74, 6) is 0.617. The average Bonchev–Trinajstić information content (AvgIpc) is 3.25. The molecule has 0 unspecified atom stereocenters. The van der Waals surface area contributed by atoms with Gasteiger partial charge in [-0.05, 0) is 25.0 Å². The van der Waals surface area contributed by atoms with Crippen LogP contribution in [-0.4, -0.2) is 23.8 Å². The summed E-state index contributed by atoms with van der Waals surface area (Å²) in [5, 5.41) is 3.50. The van der Waals surface area contributed by atoms with E-state index >= 15 is 0 Å². The van der Waals surface area contributed by atoms with E-state index in [0.717, 1.165) is 5.39 Å². The number of nitrogens with zero attached hydrogens (tertiary/aromatic N) is 1. The normalized spacial score (nSPS) is 17.0. The van der Waals surface area contributed by atoms with E-state index in [9.17, 15) is 13.2 Å². The van der Waals surface area contributed by atoms with Crippen LogP contribution in [0.3, 0.4) is 0 Å². The molecule has 3 rings (SSSR count). The minimum atomic E-state index is -4.21. The number of alkyl halides is 3. The van der Waals surface area contributed by atoms with Crippen LogP contribution in [0.15, 0.2) is 30.3 Å². The van der Waals surface area contributed by atoms with Crippen molar-refractivity contribution in [2.45, 2.75) is 31.1 Å². The van der Waals surface area contributed by atoms with E-state index in [1.54, 1.807) is 19.2 Å². The molecule has 0 saturated heterocycles. The fraction of sp³-hybridized carbons (Fsp3) is 0.400. The van der Waals surface area contributed by atoms with Crippen LogP contribution < -0.4 is 10.1 Å². The molecule has 112 valence electrons. The summed E-state index contributed by atoms with van der Waals surface area (Å²) in [5.41, 5.74) is -0.483. The van der Waals surface area contributed by atoms with E-state index < -0.39 is 11.7 Å². The quantitative estimate of drug-likeness (QED) is 0.938. The Morgan fingerprint density at radius 2 is 2.00 bits per heavy atom. The first-order valence-corrected chi connectivity index (χ1v) is 6.70. The molecule has 3 nitrogen and oxygen atoms in total. The van der Waals surface area contributed by atoms with Crippen LogP contribution in [-0.2, 0) is 6.54 Å². The molecular formula is C15H15F3N2O. The first kappa shape index (κ1) is 14.1. The van der Waals surface area contributed by atoms with E-state index in [1.807, 2.05) is 18.2 Å². The zero-order valence-electron chi connectivity index (χ0n) is 11.5. The Morgan fingerprint density at radius 3 is 2.62 bits per heavy atom. The largest absolute Gasteiger partial charge is 0.494 e. The lowest BCUT2D eigenvalue weighted by atomic mass is 10.2. The lowest BCUT2D eigenvalue weighted by Gasteiger charge is -2.20. The topological polar surface area (TPSA) is 34.1 Å². The number of aromatic nitrogens is 1. The highest BCUT2D eigenvalue weighted by atomic mass is 19.4. The molecule has 2 aromatic rings. The third-order valence-electron chi connectivity index (χ3n) is 3.86. The number of halogens is 3. The number of pyridine rings is 1. The van der Waals surface area contributed by atoms with Crippen molar-refractivity contribution in [2.75, 3.05) is 7.11 Å². The van der Waals surface area contributed by atoms with Crippen LogP contribution in [0.2, 0.25) is 0 Å². The Balaban J connectivity index is 1.82.